The number of nitrogens with zero attached hydrogens (tertiary/aromatic N) is 1. The van der Waals surface area contributed by atoms with Crippen molar-refractivity contribution in [1.82, 2.24) is 4.98 Å². The molecule has 0 radical (unpaired) electrons. The van der Waals surface area contributed by atoms with Gasteiger partial charge < -0.3 is 13.6 Å². The molecular formula is C18H14ClNO5. The predicted octanol–water partition coefficient (Wildman–Crippen LogP) is 3.92. The first kappa shape index (κ1) is 17.0. The number of benzene rings is 1. The quantitative estimate of drug-likeness (QED) is 0.656. The standard InChI is InChI=1S/C18H14ClNO5/c1-10-7-16(21)24-11(2)17(10)18(22)23-9-15-20-8-14(25-15)12-3-5-13(19)6-4-12/h3-8H,9H2,1-2H3. The summed E-state index contributed by atoms with van der Waals surface area (Å²) in [6, 6.07) is 8.34. The van der Waals surface area contributed by atoms with E-state index in [4.69, 9.17) is 25.2 Å². The molecule has 0 spiro atoms. The molecular weight excluding hydrogens is 346 g/mol. The Morgan fingerprint density at radius 2 is 1.92 bits per heavy atom. The molecule has 0 saturated heterocycles. The molecule has 0 fully saturated rings. The van der Waals surface area contributed by atoms with Crippen molar-refractivity contribution in [1.29, 1.82) is 0 Å². The summed E-state index contributed by atoms with van der Waals surface area (Å²) >= 11 is 5.85. The van der Waals surface area contributed by atoms with Crippen LogP contribution in [-0.2, 0) is 11.3 Å². The van der Waals surface area contributed by atoms with E-state index < -0.39 is 11.6 Å². The van der Waals surface area contributed by atoms with E-state index in [0.717, 1.165) is 5.56 Å². The van der Waals surface area contributed by atoms with Crippen molar-refractivity contribution in [3.63, 3.8) is 0 Å². The van der Waals surface area contributed by atoms with Crippen LogP contribution in [0.4, 0.5) is 0 Å². The molecule has 3 aromatic rings. The largest absolute Gasteiger partial charge is 0.452 e. The molecule has 0 aliphatic heterocycles. The van der Waals surface area contributed by atoms with Crippen LogP contribution in [0.25, 0.3) is 11.3 Å². The van der Waals surface area contributed by atoms with Gasteiger partial charge in [0.2, 0.25) is 5.89 Å². The second kappa shape index (κ2) is 6.94. The van der Waals surface area contributed by atoms with E-state index in [2.05, 4.69) is 4.98 Å². The molecule has 7 heteroatoms. The van der Waals surface area contributed by atoms with Gasteiger partial charge in [0, 0.05) is 16.7 Å². The Bertz CT molecular complexity index is 946. The average Bonchev–Trinajstić information content (AvgIpc) is 3.01. The Labute approximate surface area is 148 Å². The molecule has 2 aromatic heterocycles. The molecule has 2 heterocycles. The van der Waals surface area contributed by atoms with Gasteiger partial charge in [-0.15, -0.1) is 0 Å². The molecule has 25 heavy (non-hydrogen) atoms. The maximum atomic E-state index is 12.2. The summed E-state index contributed by atoms with van der Waals surface area (Å²) in [5, 5.41) is 0.623. The Kier molecular flexibility index (Phi) is 4.72. The monoisotopic (exact) mass is 359 g/mol. The summed E-state index contributed by atoms with van der Waals surface area (Å²) in [5.41, 5.74) is 1.02. The molecule has 0 amide bonds. The zero-order valence-electron chi connectivity index (χ0n) is 13.5. The molecule has 3 rings (SSSR count). The van der Waals surface area contributed by atoms with Crippen molar-refractivity contribution in [2.24, 2.45) is 0 Å². The molecule has 0 bridgehead atoms. The number of hydrogen-bond acceptors (Lipinski definition) is 6. The van der Waals surface area contributed by atoms with Crippen LogP contribution in [0.15, 0.2) is 50.2 Å². The van der Waals surface area contributed by atoms with Crippen LogP contribution < -0.4 is 5.63 Å². The van der Waals surface area contributed by atoms with Crippen LogP contribution in [0.3, 0.4) is 0 Å². The number of hydrogen-bond donors (Lipinski definition) is 0. The van der Waals surface area contributed by atoms with Crippen molar-refractivity contribution in [2.75, 3.05) is 0 Å². The molecule has 0 unspecified atom stereocenters. The normalized spacial score (nSPS) is 10.7. The fraction of sp³-hybridized carbons (Fsp3) is 0.167. The second-order valence-electron chi connectivity index (χ2n) is 5.38. The van der Waals surface area contributed by atoms with Crippen molar-refractivity contribution < 1.29 is 18.4 Å². The smallest absolute Gasteiger partial charge is 0.342 e. The number of oxazole rings is 1. The third-order valence-electron chi connectivity index (χ3n) is 3.55. The molecule has 1 aromatic carbocycles. The van der Waals surface area contributed by atoms with Crippen LogP contribution in [0.2, 0.25) is 5.02 Å². The van der Waals surface area contributed by atoms with Gasteiger partial charge in [0.15, 0.2) is 12.4 Å². The van der Waals surface area contributed by atoms with Gasteiger partial charge in [-0.3, -0.25) is 0 Å². The highest BCUT2D eigenvalue weighted by atomic mass is 35.5. The van der Waals surface area contributed by atoms with E-state index >= 15 is 0 Å². The fourth-order valence-corrected chi connectivity index (χ4v) is 2.51. The van der Waals surface area contributed by atoms with Crippen LogP contribution in [-0.4, -0.2) is 11.0 Å². The highest BCUT2D eigenvalue weighted by Gasteiger charge is 2.18. The summed E-state index contributed by atoms with van der Waals surface area (Å²) in [6.07, 6.45) is 1.55. The minimum absolute atomic E-state index is 0.134. The summed E-state index contributed by atoms with van der Waals surface area (Å²) in [6.45, 7) is 3.05. The lowest BCUT2D eigenvalue weighted by atomic mass is 10.1. The molecule has 0 aliphatic rings. The number of carbonyl (C=O) groups excluding carboxylic acids is 1. The first-order valence-electron chi connectivity index (χ1n) is 7.43. The number of rotatable bonds is 4. The van der Waals surface area contributed by atoms with Crippen LogP contribution in [0.1, 0.15) is 27.6 Å². The molecule has 0 aliphatic carbocycles. The summed E-state index contributed by atoms with van der Waals surface area (Å²) in [7, 11) is 0. The third kappa shape index (κ3) is 3.80. The van der Waals surface area contributed by atoms with Crippen molar-refractivity contribution in [2.45, 2.75) is 20.5 Å². The number of carbonyl (C=O) groups is 1. The van der Waals surface area contributed by atoms with Crippen LogP contribution in [0.5, 0.6) is 0 Å². The maximum absolute atomic E-state index is 12.2. The zero-order valence-corrected chi connectivity index (χ0v) is 14.3. The van der Waals surface area contributed by atoms with Gasteiger partial charge in [-0.25, -0.2) is 14.6 Å². The fourth-order valence-electron chi connectivity index (χ4n) is 2.39. The maximum Gasteiger partial charge on any atom is 0.342 e. The van der Waals surface area contributed by atoms with Gasteiger partial charge >= 0.3 is 11.6 Å². The summed E-state index contributed by atoms with van der Waals surface area (Å²) < 4.78 is 15.7. The molecule has 0 N–H and O–H groups in total. The third-order valence-corrected chi connectivity index (χ3v) is 3.80. The Morgan fingerprint density at radius 1 is 1.20 bits per heavy atom. The van der Waals surface area contributed by atoms with E-state index in [1.807, 2.05) is 0 Å². The lowest BCUT2D eigenvalue weighted by Crippen LogP contribution is -2.12. The SMILES string of the molecule is Cc1cc(=O)oc(C)c1C(=O)OCc1ncc(-c2ccc(Cl)cc2)o1. The van der Waals surface area contributed by atoms with Gasteiger partial charge in [0.25, 0.3) is 0 Å². The van der Waals surface area contributed by atoms with Crippen molar-refractivity contribution in [3.8, 4) is 11.3 Å². The predicted molar refractivity (Wildman–Crippen MR) is 90.5 cm³/mol. The number of aromatic nitrogens is 1. The molecule has 0 atom stereocenters. The molecule has 6 nitrogen and oxygen atoms in total. The van der Waals surface area contributed by atoms with Gasteiger partial charge in [-0.2, -0.15) is 0 Å². The number of esters is 1. The Hall–Kier alpha value is -2.86. The first-order valence-corrected chi connectivity index (χ1v) is 7.81. The number of aryl methyl sites for hydroxylation is 2. The van der Waals surface area contributed by atoms with Crippen LogP contribution >= 0.6 is 11.6 Å². The zero-order chi connectivity index (χ0) is 18.0. The number of halogens is 1. The average molecular weight is 360 g/mol. The minimum atomic E-state index is -0.606. The van der Waals surface area contributed by atoms with Gasteiger partial charge in [0.1, 0.15) is 11.3 Å². The van der Waals surface area contributed by atoms with Gasteiger partial charge in [-0.1, -0.05) is 11.6 Å². The summed E-state index contributed by atoms with van der Waals surface area (Å²) in [5.74, 6) is 0.404. The first-order chi connectivity index (χ1) is 11.9. The minimum Gasteiger partial charge on any atom is -0.452 e. The number of ether oxygens (including phenoxy) is 1. The topological polar surface area (TPSA) is 82.5 Å². The molecule has 0 saturated carbocycles. The lowest BCUT2D eigenvalue weighted by Gasteiger charge is -2.07. The van der Waals surface area contributed by atoms with E-state index in [0.29, 0.717) is 16.3 Å². The Morgan fingerprint density at radius 3 is 2.60 bits per heavy atom. The lowest BCUT2D eigenvalue weighted by molar-refractivity contribution is 0.0433. The highest BCUT2D eigenvalue weighted by molar-refractivity contribution is 6.30. The van der Waals surface area contributed by atoms with Crippen molar-refractivity contribution in [3.05, 3.63) is 74.7 Å². The summed E-state index contributed by atoms with van der Waals surface area (Å²) in [4.78, 5) is 27.6. The van der Waals surface area contributed by atoms with E-state index in [9.17, 15) is 9.59 Å². The Balaban J connectivity index is 1.71. The van der Waals surface area contributed by atoms with Gasteiger partial charge in [-0.05, 0) is 43.7 Å². The highest BCUT2D eigenvalue weighted by Crippen LogP contribution is 2.23. The van der Waals surface area contributed by atoms with Crippen LogP contribution in [0, 0.1) is 13.8 Å². The second-order valence-corrected chi connectivity index (χ2v) is 5.82. The van der Waals surface area contributed by atoms with Gasteiger partial charge in [0.05, 0.1) is 6.20 Å². The van der Waals surface area contributed by atoms with E-state index in [1.54, 1.807) is 37.4 Å². The molecule has 128 valence electrons. The van der Waals surface area contributed by atoms with Crippen molar-refractivity contribution >= 4 is 17.6 Å². The van der Waals surface area contributed by atoms with E-state index in [1.165, 1.54) is 13.0 Å². The van der Waals surface area contributed by atoms with E-state index in [-0.39, 0.29) is 23.8 Å².